The molecule has 0 radical (unpaired) electrons. The summed E-state index contributed by atoms with van der Waals surface area (Å²) in [6, 6.07) is 10.6. The molecule has 0 saturated heterocycles. The molecule has 2 aromatic rings. The third-order valence-corrected chi connectivity index (χ3v) is 3.03. The van der Waals surface area contributed by atoms with E-state index in [0.29, 0.717) is 11.3 Å². The number of benzene rings is 1. The maximum atomic E-state index is 12.0. The van der Waals surface area contributed by atoms with Crippen LogP contribution < -0.4 is 5.32 Å². The summed E-state index contributed by atoms with van der Waals surface area (Å²) >= 11 is 0. The first-order chi connectivity index (χ1) is 9.61. The number of hydrogen-bond donors (Lipinski definition) is 1. The number of rotatable bonds is 5. The predicted molar refractivity (Wildman–Crippen MR) is 75.7 cm³/mol. The number of nitrogens with one attached hydrogen (secondary N) is 1. The minimum atomic E-state index is -0.288. The molecule has 1 N–H and O–H groups in total. The maximum absolute atomic E-state index is 12.0. The van der Waals surface area contributed by atoms with Gasteiger partial charge in [0.25, 0.3) is 5.91 Å². The summed E-state index contributed by atoms with van der Waals surface area (Å²) < 4.78 is 1.53. The summed E-state index contributed by atoms with van der Waals surface area (Å²) in [6.45, 7) is 1.96. The van der Waals surface area contributed by atoms with Gasteiger partial charge in [0.2, 0.25) is 0 Å². The van der Waals surface area contributed by atoms with Crippen molar-refractivity contribution in [3.63, 3.8) is 0 Å². The zero-order chi connectivity index (χ0) is 14.5. The van der Waals surface area contributed by atoms with E-state index in [1.54, 1.807) is 37.4 Å². The van der Waals surface area contributed by atoms with E-state index in [2.05, 4.69) is 10.4 Å². The van der Waals surface area contributed by atoms with Crippen LogP contribution in [0.5, 0.6) is 0 Å². The van der Waals surface area contributed by atoms with E-state index < -0.39 is 0 Å². The Morgan fingerprint density at radius 3 is 2.55 bits per heavy atom. The lowest BCUT2D eigenvalue weighted by Gasteiger charge is -2.04. The van der Waals surface area contributed by atoms with Crippen molar-refractivity contribution < 1.29 is 9.59 Å². The molecule has 0 bridgehead atoms. The number of amides is 1. The van der Waals surface area contributed by atoms with Gasteiger partial charge < -0.3 is 5.32 Å². The third-order valence-electron chi connectivity index (χ3n) is 3.03. The molecule has 1 aromatic carbocycles. The SMILES string of the molecule is CCc1cc(C(=O)NCC(=O)c2ccccc2)n(C)n1. The van der Waals surface area contributed by atoms with Gasteiger partial charge in [0.1, 0.15) is 5.69 Å². The van der Waals surface area contributed by atoms with Crippen molar-refractivity contribution >= 4 is 11.7 Å². The second kappa shape index (κ2) is 6.14. The van der Waals surface area contributed by atoms with Gasteiger partial charge in [-0.25, -0.2) is 0 Å². The lowest BCUT2D eigenvalue weighted by atomic mass is 10.1. The summed E-state index contributed by atoms with van der Waals surface area (Å²) in [5.74, 6) is -0.402. The van der Waals surface area contributed by atoms with Crippen molar-refractivity contribution in [1.82, 2.24) is 15.1 Å². The normalized spacial score (nSPS) is 10.3. The van der Waals surface area contributed by atoms with Crippen LogP contribution in [0.3, 0.4) is 0 Å². The highest BCUT2D eigenvalue weighted by atomic mass is 16.2. The fourth-order valence-corrected chi connectivity index (χ4v) is 1.89. The fourth-order valence-electron chi connectivity index (χ4n) is 1.89. The van der Waals surface area contributed by atoms with E-state index >= 15 is 0 Å². The Kier molecular flexibility index (Phi) is 4.30. The van der Waals surface area contributed by atoms with E-state index in [9.17, 15) is 9.59 Å². The zero-order valence-electron chi connectivity index (χ0n) is 11.6. The van der Waals surface area contributed by atoms with E-state index in [1.165, 1.54) is 4.68 Å². The van der Waals surface area contributed by atoms with Crippen LogP contribution in [0, 0.1) is 0 Å². The first-order valence-electron chi connectivity index (χ1n) is 6.51. The van der Waals surface area contributed by atoms with Crippen LogP contribution in [0.1, 0.15) is 33.5 Å². The zero-order valence-corrected chi connectivity index (χ0v) is 11.6. The maximum Gasteiger partial charge on any atom is 0.269 e. The quantitative estimate of drug-likeness (QED) is 0.840. The van der Waals surface area contributed by atoms with Crippen molar-refractivity contribution in [3.05, 3.63) is 53.3 Å². The van der Waals surface area contributed by atoms with Gasteiger partial charge >= 0.3 is 0 Å². The van der Waals surface area contributed by atoms with Gasteiger partial charge in [0, 0.05) is 12.6 Å². The first-order valence-corrected chi connectivity index (χ1v) is 6.51. The number of ketones is 1. The third kappa shape index (κ3) is 3.12. The Morgan fingerprint density at radius 2 is 1.95 bits per heavy atom. The van der Waals surface area contributed by atoms with Crippen LogP contribution in [0.25, 0.3) is 0 Å². The summed E-state index contributed by atoms with van der Waals surface area (Å²) in [5.41, 5.74) is 1.90. The molecule has 2 rings (SSSR count). The number of carbonyl (C=O) groups excluding carboxylic acids is 2. The molecule has 5 heteroatoms. The molecule has 1 aromatic heterocycles. The van der Waals surface area contributed by atoms with Crippen LogP contribution in [-0.4, -0.2) is 28.0 Å². The Hall–Kier alpha value is -2.43. The molecule has 1 heterocycles. The summed E-state index contributed by atoms with van der Waals surface area (Å²) in [6.07, 6.45) is 0.768. The number of carbonyl (C=O) groups is 2. The second-order valence-corrected chi connectivity index (χ2v) is 4.47. The van der Waals surface area contributed by atoms with Crippen LogP contribution in [0.15, 0.2) is 36.4 Å². The molecule has 0 atom stereocenters. The number of aryl methyl sites for hydroxylation is 2. The average Bonchev–Trinajstić information content (AvgIpc) is 2.86. The fraction of sp³-hybridized carbons (Fsp3) is 0.267. The molecule has 0 fully saturated rings. The number of nitrogens with zero attached hydrogens (tertiary/aromatic N) is 2. The molecule has 0 aliphatic rings. The van der Waals surface area contributed by atoms with Gasteiger partial charge in [-0.3, -0.25) is 14.3 Å². The summed E-state index contributed by atoms with van der Waals surface area (Å²) in [5, 5.41) is 6.83. The molecule has 104 valence electrons. The van der Waals surface area contributed by atoms with Gasteiger partial charge in [0.05, 0.1) is 12.2 Å². The second-order valence-electron chi connectivity index (χ2n) is 4.47. The lowest BCUT2D eigenvalue weighted by molar-refractivity contribution is 0.0898. The Balaban J connectivity index is 1.98. The van der Waals surface area contributed by atoms with Gasteiger partial charge in [0.15, 0.2) is 5.78 Å². The van der Waals surface area contributed by atoms with Crippen molar-refractivity contribution in [3.8, 4) is 0 Å². The van der Waals surface area contributed by atoms with E-state index in [0.717, 1.165) is 12.1 Å². The van der Waals surface area contributed by atoms with Crippen molar-refractivity contribution in [2.75, 3.05) is 6.54 Å². The number of hydrogen-bond acceptors (Lipinski definition) is 3. The Bertz CT molecular complexity index is 617. The van der Waals surface area contributed by atoms with Gasteiger partial charge in [-0.1, -0.05) is 37.3 Å². The molecule has 0 unspecified atom stereocenters. The predicted octanol–water partition coefficient (Wildman–Crippen LogP) is 1.60. The molecule has 0 aliphatic heterocycles. The molecule has 20 heavy (non-hydrogen) atoms. The smallest absolute Gasteiger partial charge is 0.269 e. The monoisotopic (exact) mass is 271 g/mol. The number of aromatic nitrogens is 2. The van der Waals surface area contributed by atoms with Crippen molar-refractivity contribution in [1.29, 1.82) is 0 Å². The summed E-state index contributed by atoms with van der Waals surface area (Å²) in [7, 11) is 1.72. The lowest BCUT2D eigenvalue weighted by Crippen LogP contribution is -2.30. The summed E-state index contributed by atoms with van der Waals surface area (Å²) in [4.78, 5) is 23.9. The highest BCUT2D eigenvalue weighted by Crippen LogP contribution is 2.04. The topological polar surface area (TPSA) is 64.0 Å². The first kappa shape index (κ1) is 14.0. The largest absolute Gasteiger partial charge is 0.343 e. The Morgan fingerprint density at radius 1 is 1.25 bits per heavy atom. The molecule has 0 aliphatic carbocycles. The standard InChI is InChI=1S/C15H17N3O2/c1-3-12-9-13(18(2)17-12)15(20)16-10-14(19)11-7-5-4-6-8-11/h4-9H,3,10H2,1-2H3,(H,16,20). The molecular formula is C15H17N3O2. The number of Topliss-reactive ketones (excluding diaryl/α,β-unsaturated/α-hetero) is 1. The van der Waals surface area contributed by atoms with Crippen LogP contribution in [-0.2, 0) is 13.5 Å². The van der Waals surface area contributed by atoms with E-state index in [4.69, 9.17) is 0 Å². The van der Waals surface area contributed by atoms with E-state index in [-0.39, 0.29) is 18.2 Å². The van der Waals surface area contributed by atoms with Gasteiger partial charge in [-0.05, 0) is 12.5 Å². The molecule has 1 amide bonds. The highest BCUT2D eigenvalue weighted by molar-refractivity contribution is 6.01. The minimum Gasteiger partial charge on any atom is -0.343 e. The highest BCUT2D eigenvalue weighted by Gasteiger charge is 2.14. The van der Waals surface area contributed by atoms with Crippen molar-refractivity contribution in [2.24, 2.45) is 7.05 Å². The minimum absolute atomic E-state index is 0.0184. The van der Waals surface area contributed by atoms with Crippen LogP contribution >= 0.6 is 0 Å². The van der Waals surface area contributed by atoms with Gasteiger partial charge in [-0.15, -0.1) is 0 Å². The van der Waals surface area contributed by atoms with E-state index in [1.807, 2.05) is 13.0 Å². The van der Waals surface area contributed by atoms with Gasteiger partial charge in [-0.2, -0.15) is 5.10 Å². The van der Waals surface area contributed by atoms with Crippen LogP contribution in [0.2, 0.25) is 0 Å². The molecule has 0 saturated carbocycles. The molecule has 5 nitrogen and oxygen atoms in total. The molecule has 0 spiro atoms. The Labute approximate surface area is 117 Å². The van der Waals surface area contributed by atoms with Crippen molar-refractivity contribution in [2.45, 2.75) is 13.3 Å². The molecular weight excluding hydrogens is 254 g/mol. The van der Waals surface area contributed by atoms with Crippen LogP contribution in [0.4, 0.5) is 0 Å². The average molecular weight is 271 g/mol.